The quantitative estimate of drug-likeness (QED) is 0.179. The molecule has 4 aromatic rings. The number of alkyl halides is 6. The molecule has 250 valence electrons. The van der Waals surface area contributed by atoms with Crippen molar-refractivity contribution in [2.24, 2.45) is 5.73 Å². The van der Waals surface area contributed by atoms with E-state index in [1.165, 1.54) is 18.3 Å². The molecule has 1 amide bonds. The van der Waals surface area contributed by atoms with Gasteiger partial charge in [-0.05, 0) is 41.8 Å². The predicted octanol–water partition coefficient (Wildman–Crippen LogP) is 7.19. The van der Waals surface area contributed by atoms with Crippen molar-refractivity contribution < 1.29 is 44.7 Å². The molecule has 0 unspecified atom stereocenters. The Morgan fingerprint density at radius 2 is 1.67 bits per heavy atom. The number of halogens is 8. The van der Waals surface area contributed by atoms with Crippen LogP contribution in [0.15, 0.2) is 48.7 Å². The molecule has 15 heteroatoms. The Balaban J connectivity index is 1.44. The number of aromatic nitrogens is 4. The number of nitrogens with zero attached hydrogens (tertiary/aromatic N) is 4. The summed E-state index contributed by atoms with van der Waals surface area (Å²) < 4.78 is 116. The van der Waals surface area contributed by atoms with Crippen LogP contribution in [0.1, 0.15) is 81.6 Å². The average Bonchev–Trinajstić information content (AvgIpc) is 3.64. The van der Waals surface area contributed by atoms with Crippen molar-refractivity contribution in [1.82, 2.24) is 19.7 Å². The van der Waals surface area contributed by atoms with Crippen LogP contribution >= 0.6 is 0 Å². The van der Waals surface area contributed by atoms with Crippen LogP contribution < -0.4 is 5.73 Å². The van der Waals surface area contributed by atoms with Gasteiger partial charge in [0, 0.05) is 55.0 Å². The molecule has 0 saturated heterocycles. The molecule has 48 heavy (non-hydrogen) atoms. The van der Waals surface area contributed by atoms with Crippen LogP contribution in [0, 0.1) is 11.6 Å². The third-order valence-corrected chi connectivity index (χ3v) is 8.34. The number of rotatable bonds is 10. The molecule has 2 aliphatic carbocycles. The summed E-state index contributed by atoms with van der Waals surface area (Å²) in [6.45, 7) is -1.11. The molecule has 0 saturated carbocycles. The van der Waals surface area contributed by atoms with Gasteiger partial charge in [-0.2, -0.15) is 13.9 Å². The van der Waals surface area contributed by atoms with Gasteiger partial charge in [-0.3, -0.25) is 19.3 Å². The fourth-order valence-corrected chi connectivity index (χ4v) is 6.26. The van der Waals surface area contributed by atoms with Gasteiger partial charge >= 0.3 is 0 Å². The highest BCUT2D eigenvalue weighted by atomic mass is 19.3. The third-order valence-electron chi connectivity index (χ3n) is 8.34. The number of fused-ring (bicyclic) bond motifs is 2. The van der Waals surface area contributed by atoms with Gasteiger partial charge in [0.05, 0.1) is 17.0 Å². The summed E-state index contributed by atoms with van der Waals surface area (Å²) in [6, 6.07) is 7.23. The minimum Gasteiger partial charge on any atom is -0.364 e. The van der Waals surface area contributed by atoms with E-state index in [1.807, 2.05) is 12.2 Å². The van der Waals surface area contributed by atoms with Gasteiger partial charge in [0.25, 0.3) is 24.2 Å². The summed E-state index contributed by atoms with van der Waals surface area (Å²) in [5.41, 5.74) is 3.16. The lowest BCUT2D eigenvalue weighted by molar-refractivity contribution is -0.121. The maximum atomic E-state index is 15.0. The van der Waals surface area contributed by atoms with Crippen molar-refractivity contribution in [3.63, 3.8) is 0 Å². The fourth-order valence-electron chi connectivity index (χ4n) is 6.26. The third kappa shape index (κ3) is 6.32. The van der Waals surface area contributed by atoms with E-state index in [-0.39, 0.29) is 28.1 Å². The van der Waals surface area contributed by atoms with Crippen molar-refractivity contribution in [2.75, 3.05) is 0 Å². The Morgan fingerprint density at radius 3 is 2.35 bits per heavy atom. The van der Waals surface area contributed by atoms with E-state index in [9.17, 15) is 44.7 Å². The molecule has 6 rings (SSSR count). The number of carbonyl (C=O) groups excluding carboxylic acids is 2. The molecule has 0 spiro atoms. The smallest absolute Gasteiger partial charge is 0.290 e. The number of nitrogens with two attached hydrogens (primary N) is 1. The van der Waals surface area contributed by atoms with Gasteiger partial charge in [0.1, 0.15) is 35.3 Å². The topological polar surface area (TPSA) is 104 Å². The normalized spacial score (nSPS) is 16.5. The van der Waals surface area contributed by atoms with Gasteiger partial charge in [0.2, 0.25) is 0 Å². The van der Waals surface area contributed by atoms with Crippen molar-refractivity contribution in [1.29, 1.82) is 0 Å². The van der Waals surface area contributed by atoms with Crippen LogP contribution in [0.4, 0.5) is 35.1 Å². The maximum absolute atomic E-state index is 15.0. The number of ketones is 1. The van der Waals surface area contributed by atoms with Crippen molar-refractivity contribution in [2.45, 2.75) is 62.8 Å². The Bertz CT molecular complexity index is 1950. The van der Waals surface area contributed by atoms with Crippen LogP contribution in [0.25, 0.3) is 17.2 Å². The van der Waals surface area contributed by atoms with Crippen LogP contribution in [0.2, 0.25) is 0 Å². The van der Waals surface area contributed by atoms with Gasteiger partial charge < -0.3 is 5.73 Å². The summed E-state index contributed by atoms with van der Waals surface area (Å²) in [5, 5.41) is 3.34. The van der Waals surface area contributed by atoms with E-state index in [0.29, 0.717) is 23.6 Å². The number of carbonyl (C=O) groups is 2. The van der Waals surface area contributed by atoms with E-state index < -0.39 is 90.3 Å². The molecule has 0 fully saturated rings. The second-order valence-corrected chi connectivity index (χ2v) is 11.8. The zero-order valence-electron chi connectivity index (χ0n) is 24.8. The molecule has 0 aliphatic heterocycles. The summed E-state index contributed by atoms with van der Waals surface area (Å²) in [5.74, 6) is -12.9. The Hall–Kier alpha value is -4.95. The number of hydrogen-bond donors (Lipinski definition) is 1. The number of amides is 1. The van der Waals surface area contributed by atoms with E-state index >= 15 is 0 Å². The van der Waals surface area contributed by atoms with Gasteiger partial charge in [-0.15, -0.1) is 0 Å². The first-order valence-electron chi connectivity index (χ1n) is 14.7. The number of Topliss-reactive ketones (excluding diaryl/α,β-unsaturated/α-hetero) is 1. The van der Waals surface area contributed by atoms with Crippen LogP contribution in [-0.4, -0.2) is 31.4 Å². The Kier molecular flexibility index (Phi) is 8.42. The SMILES string of the molecule is NC(=O)c1ccc(-c2cnc3c(c2)C=CC3)c([C@@H](CC(=O)Cn2nc(C(F)F)c3c2C(F)(F)CCC3(F)F)Cc2cc(F)cc(F)c2)n1. The van der Waals surface area contributed by atoms with E-state index in [2.05, 4.69) is 15.1 Å². The maximum Gasteiger partial charge on any atom is 0.290 e. The first-order chi connectivity index (χ1) is 22.6. The van der Waals surface area contributed by atoms with Crippen LogP contribution in [0.3, 0.4) is 0 Å². The lowest BCUT2D eigenvalue weighted by Gasteiger charge is -2.29. The monoisotopic (exact) mass is 675 g/mol. The zero-order chi connectivity index (χ0) is 34.5. The van der Waals surface area contributed by atoms with Crippen LogP contribution in [0.5, 0.6) is 0 Å². The number of allylic oxidation sites excluding steroid dienone is 1. The highest BCUT2D eigenvalue weighted by molar-refractivity contribution is 5.91. The van der Waals surface area contributed by atoms with Gasteiger partial charge in [-0.1, -0.05) is 18.2 Å². The molecule has 3 aromatic heterocycles. The molecule has 7 nitrogen and oxygen atoms in total. The summed E-state index contributed by atoms with van der Waals surface area (Å²) in [7, 11) is 0. The predicted molar refractivity (Wildman–Crippen MR) is 155 cm³/mol. The second kappa shape index (κ2) is 12.3. The highest BCUT2D eigenvalue weighted by Crippen LogP contribution is 2.52. The number of hydrogen-bond acceptors (Lipinski definition) is 5. The Morgan fingerprint density at radius 1 is 0.958 bits per heavy atom. The molecule has 1 aromatic carbocycles. The summed E-state index contributed by atoms with van der Waals surface area (Å²) in [6.07, 6.45) is -1.44. The minimum absolute atomic E-state index is 0.0557. The molecular formula is C33H25F8N5O2. The second-order valence-electron chi connectivity index (χ2n) is 11.8. The van der Waals surface area contributed by atoms with Gasteiger partial charge in [-0.25, -0.2) is 31.3 Å². The van der Waals surface area contributed by atoms with Crippen molar-refractivity contribution >= 4 is 17.8 Å². The van der Waals surface area contributed by atoms with E-state index in [4.69, 9.17) is 5.73 Å². The standard InChI is InChI=1S/C33H25F8N5O2/c34-20-9-16(10-21(35)13-20)8-18(27-23(4-5-25(44-27)31(42)48)19-11-17-2-1-3-24(17)43-14-19)12-22(47)15-46-29-26(28(45-46)30(36)37)32(38,39)6-7-33(29,40)41/h1-2,4-5,9-11,13-14,18,30H,3,6-8,12,15H2,(H2,42,48)/t18-/m1/s1. The minimum atomic E-state index is -4.04. The molecule has 2 N–H and O–H groups in total. The van der Waals surface area contributed by atoms with E-state index in [0.717, 1.165) is 23.4 Å². The molecule has 3 heterocycles. The first-order valence-corrected chi connectivity index (χ1v) is 14.7. The molecule has 2 aliphatic rings. The average molecular weight is 676 g/mol. The number of benzene rings is 1. The van der Waals surface area contributed by atoms with Crippen molar-refractivity contribution in [3.8, 4) is 11.1 Å². The lowest BCUT2D eigenvalue weighted by Crippen LogP contribution is -2.33. The van der Waals surface area contributed by atoms with Gasteiger partial charge in [0.15, 0.2) is 5.78 Å². The summed E-state index contributed by atoms with van der Waals surface area (Å²) >= 11 is 0. The van der Waals surface area contributed by atoms with Crippen LogP contribution in [-0.2, 0) is 36.0 Å². The number of primary amides is 1. The lowest BCUT2D eigenvalue weighted by atomic mass is 9.86. The first kappa shape index (κ1) is 33.0. The highest BCUT2D eigenvalue weighted by Gasteiger charge is 2.55. The van der Waals surface area contributed by atoms with E-state index in [1.54, 1.807) is 6.07 Å². The van der Waals surface area contributed by atoms with Crippen molar-refractivity contribution in [3.05, 3.63) is 105 Å². The molecule has 0 radical (unpaired) electrons. The zero-order valence-corrected chi connectivity index (χ0v) is 24.8. The summed E-state index contributed by atoms with van der Waals surface area (Å²) in [4.78, 5) is 34.6. The largest absolute Gasteiger partial charge is 0.364 e. The molecule has 0 bridgehead atoms. The fraction of sp³-hybridized carbons (Fsp3) is 0.303. The Labute approximate surface area is 267 Å². The molecular weight excluding hydrogens is 650 g/mol. The number of pyridine rings is 2. The molecule has 1 atom stereocenters.